The van der Waals surface area contributed by atoms with E-state index in [2.05, 4.69) is 20.8 Å². The van der Waals surface area contributed by atoms with Gasteiger partial charge in [0.1, 0.15) is 0 Å². The topological polar surface area (TPSA) is 26.3 Å². The van der Waals surface area contributed by atoms with Gasteiger partial charge in [-0.05, 0) is 12.3 Å². The lowest BCUT2D eigenvalue weighted by Crippen LogP contribution is -2.18. The van der Waals surface area contributed by atoms with Crippen LogP contribution in [0, 0.1) is 11.8 Å². The van der Waals surface area contributed by atoms with E-state index in [-0.39, 0.29) is 11.9 Å². The molecule has 2 heteroatoms. The fraction of sp³-hybridized carbons (Fsp3) is 0.917. The van der Waals surface area contributed by atoms with Crippen LogP contribution in [-0.4, -0.2) is 12.6 Å². The maximum atomic E-state index is 11.4. The number of rotatable bonds is 7. The minimum absolute atomic E-state index is 0.0289. The molecule has 0 N–H and O–H groups in total. The Morgan fingerprint density at radius 3 is 2.21 bits per heavy atom. The maximum Gasteiger partial charge on any atom is 0.308 e. The number of hydrogen-bond acceptors (Lipinski definition) is 2. The first-order valence-corrected chi connectivity index (χ1v) is 5.82. The fourth-order valence-electron chi connectivity index (χ4n) is 1.42. The molecular formula is C12H24O2. The molecule has 0 aromatic carbocycles. The van der Waals surface area contributed by atoms with E-state index in [9.17, 15) is 4.79 Å². The van der Waals surface area contributed by atoms with Crippen molar-refractivity contribution in [1.29, 1.82) is 0 Å². The molecule has 0 fully saturated rings. The quantitative estimate of drug-likeness (QED) is 0.589. The van der Waals surface area contributed by atoms with Crippen LogP contribution in [0.5, 0.6) is 0 Å². The summed E-state index contributed by atoms with van der Waals surface area (Å²) in [6, 6.07) is 0. The molecule has 0 amide bonds. The van der Waals surface area contributed by atoms with E-state index in [0.29, 0.717) is 12.5 Å². The van der Waals surface area contributed by atoms with Crippen LogP contribution in [-0.2, 0) is 9.53 Å². The predicted octanol–water partition coefficient (Wildman–Crippen LogP) is 3.40. The Morgan fingerprint density at radius 2 is 1.79 bits per heavy atom. The summed E-state index contributed by atoms with van der Waals surface area (Å²) in [7, 11) is 0. The molecule has 0 saturated carbocycles. The van der Waals surface area contributed by atoms with Crippen molar-refractivity contribution in [1.82, 2.24) is 0 Å². The monoisotopic (exact) mass is 200 g/mol. The number of carbonyl (C=O) groups is 1. The van der Waals surface area contributed by atoms with Gasteiger partial charge in [0.2, 0.25) is 0 Å². The molecular weight excluding hydrogens is 176 g/mol. The highest BCUT2D eigenvalue weighted by Crippen LogP contribution is 2.11. The van der Waals surface area contributed by atoms with Crippen molar-refractivity contribution < 1.29 is 9.53 Å². The van der Waals surface area contributed by atoms with Crippen molar-refractivity contribution in [2.24, 2.45) is 11.8 Å². The average Bonchev–Trinajstić information content (AvgIpc) is 2.19. The molecule has 0 aliphatic carbocycles. The second-order valence-corrected chi connectivity index (χ2v) is 4.00. The highest BCUT2D eigenvalue weighted by Gasteiger charge is 2.14. The molecule has 0 aliphatic rings. The lowest BCUT2D eigenvalue weighted by atomic mass is 10.0. The molecule has 1 atom stereocenters. The zero-order valence-electron chi connectivity index (χ0n) is 10.0. The predicted molar refractivity (Wildman–Crippen MR) is 59.1 cm³/mol. The molecule has 0 bridgehead atoms. The fourth-order valence-corrected chi connectivity index (χ4v) is 1.42. The van der Waals surface area contributed by atoms with Gasteiger partial charge in [0.15, 0.2) is 0 Å². The average molecular weight is 200 g/mol. The van der Waals surface area contributed by atoms with E-state index in [1.54, 1.807) is 0 Å². The zero-order valence-corrected chi connectivity index (χ0v) is 10.0. The van der Waals surface area contributed by atoms with Crippen LogP contribution < -0.4 is 0 Å². The van der Waals surface area contributed by atoms with Crippen molar-refractivity contribution in [3.8, 4) is 0 Å². The van der Waals surface area contributed by atoms with Gasteiger partial charge in [0, 0.05) is 0 Å². The molecule has 0 spiro atoms. The van der Waals surface area contributed by atoms with Crippen molar-refractivity contribution in [2.75, 3.05) is 6.61 Å². The maximum absolute atomic E-state index is 11.4. The van der Waals surface area contributed by atoms with Crippen LogP contribution in [0.4, 0.5) is 0 Å². The van der Waals surface area contributed by atoms with Crippen LogP contribution >= 0.6 is 0 Å². The molecule has 0 aromatic rings. The second-order valence-electron chi connectivity index (χ2n) is 4.00. The van der Waals surface area contributed by atoms with Gasteiger partial charge in [-0.15, -0.1) is 0 Å². The summed E-state index contributed by atoms with van der Waals surface area (Å²) in [5, 5.41) is 0. The Labute approximate surface area is 88.0 Å². The first-order chi connectivity index (χ1) is 6.65. The van der Waals surface area contributed by atoms with Gasteiger partial charge in [-0.25, -0.2) is 0 Å². The molecule has 0 aliphatic heterocycles. The Kier molecular flexibility index (Phi) is 7.54. The van der Waals surface area contributed by atoms with Crippen molar-refractivity contribution >= 4 is 5.97 Å². The lowest BCUT2D eigenvalue weighted by Gasteiger charge is -2.15. The first kappa shape index (κ1) is 13.5. The molecule has 0 unspecified atom stereocenters. The third-order valence-electron chi connectivity index (χ3n) is 2.74. The Balaban J connectivity index is 3.71. The number of esters is 1. The Morgan fingerprint density at radius 1 is 1.21 bits per heavy atom. The van der Waals surface area contributed by atoms with Crippen LogP contribution in [0.1, 0.15) is 53.4 Å². The van der Waals surface area contributed by atoms with Gasteiger partial charge in [0.05, 0.1) is 12.5 Å². The normalized spacial score (nSPS) is 12.9. The Hall–Kier alpha value is -0.530. The van der Waals surface area contributed by atoms with E-state index in [4.69, 9.17) is 4.74 Å². The molecule has 0 radical (unpaired) electrons. The van der Waals surface area contributed by atoms with E-state index in [0.717, 1.165) is 25.7 Å². The molecule has 14 heavy (non-hydrogen) atoms. The van der Waals surface area contributed by atoms with E-state index < -0.39 is 0 Å². The second kappa shape index (κ2) is 7.84. The SMILES string of the molecule is CCC[C@H](C)C(=O)OCC(CC)CC. The molecule has 84 valence electrons. The van der Waals surface area contributed by atoms with Gasteiger partial charge in [-0.3, -0.25) is 4.79 Å². The van der Waals surface area contributed by atoms with Crippen molar-refractivity contribution in [3.05, 3.63) is 0 Å². The first-order valence-electron chi connectivity index (χ1n) is 5.82. The number of ether oxygens (including phenoxy) is 1. The molecule has 0 heterocycles. The molecule has 0 saturated heterocycles. The Bertz CT molecular complexity index is 150. The van der Waals surface area contributed by atoms with Crippen molar-refractivity contribution in [3.63, 3.8) is 0 Å². The van der Waals surface area contributed by atoms with Gasteiger partial charge < -0.3 is 4.74 Å². The summed E-state index contributed by atoms with van der Waals surface area (Å²) in [5.74, 6) is 0.570. The van der Waals surface area contributed by atoms with Gasteiger partial charge in [-0.2, -0.15) is 0 Å². The molecule has 0 aromatic heterocycles. The van der Waals surface area contributed by atoms with Crippen molar-refractivity contribution in [2.45, 2.75) is 53.4 Å². The highest BCUT2D eigenvalue weighted by atomic mass is 16.5. The van der Waals surface area contributed by atoms with E-state index >= 15 is 0 Å². The van der Waals surface area contributed by atoms with Gasteiger partial charge >= 0.3 is 5.97 Å². The molecule has 0 rings (SSSR count). The summed E-state index contributed by atoms with van der Waals surface area (Å²) in [4.78, 5) is 11.4. The largest absolute Gasteiger partial charge is 0.465 e. The summed E-state index contributed by atoms with van der Waals surface area (Å²) < 4.78 is 5.26. The van der Waals surface area contributed by atoms with E-state index in [1.165, 1.54) is 0 Å². The third-order valence-corrected chi connectivity index (χ3v) is 2.74. The summed E-state index contributed by atoms with van der Waals surface area (Å²) in [6.45, 7) is 8.90. The summed E-state index contributed by atoms with van der Waals surface area (Å²) in [5.41, 5.74) is 0. The minimum atomic E-state index is -0.0289. The van der Waals surface area contributed by atoms with E-state index in [1.807, 2.05) is 6.92 Å². The third kappa shape index (κ3) is 5.25. The van der Waals surface area contributed by atoms with Crippen LogP contribution in [0.15, 0.2) is 0 Å². The van der Waals surface area contributed by atoms with Crippen LogP contribution in [0.2, 0.25) is 0 Å². The standard InChI is InChI=1S/C12H24O2/c1-5-8-10(4)12(13)14-9-11(6-2)7-3/h10-11H,5-9H2,1-4H3/t10-/m0/s1. The molecule has 2 nitrogen and oxygen atoms in total. The minimum Gasteiger partial charge on any atom is -0.465 e. The van der Waals surface area contributed by atoms with Gasteiger partial charge in [0.25, 0.3) is 0 Å². The number of carbonyl (C=O) groups excluding carboxylic acids is 1. The highest BCUT2D eigenvalue weighted by molar-refractivity contribution is 5.71. The summed E-state index contributed by atoms with van der Waals surface area (Å²) in [6.07, 6.45) is 4.15. The summed E-state index contributed by atoms with van der Waals surface area (Å²) >= 11 is 0. The van der Waals surface area contributed by atoms with Gasteiger partial charge in [-0.1, -0.05) is 47.0 Å². The number of hydrogen-bond donors (Lipinski definition) is 0. The smallest absolute Gasteiger partial charge is 0.308 e. The van der Waals surface area contributed by atoms with Crippen LogP contribution in [0.25, 0.3) is 0 Å². The van der Waals surface area contributed by atoms with Crippen LogP contribution in [0.3, 0.4) is 0 Å². The zero-order chi connectivity index (χ0) is 11.0. The lowest BCUT2D eigenvalue weighted by molar-refractivity contribution is -0.149.